The van der Waals surface area contributed by atoms with Crippen LogP contribution in [0.5, 0.6) is 5.75 Å². The van der Waals surface area contributed by atoms with Gasteiger partial charge in [-0.05, 0) is 30.7 Å². The monoisotopic (exact) mass is 290 g/mol. The fourth-order valence-electron chi connectivity index (χ4n) is 1.88. The number of anilines is 1. The maximum atomic E-state index is 11.2. The zero-order chi connectivity index (χ0) is 14.7. The minimum absolute atomic E-state index is 0.268. The Balaban J connectivity index is 2.17. The summed E-state index contributed by atoms with van der Waals surface area (Å²) in [6, 6.07) is 10.5. The van der Waals surface area contributed by atoms with Gasteiger partial charge < -0.3 is 16.2 Å². The van der Waals surface area contributed by atoms with Gasteiger partial charge in [-0.15, -0.1) is 0 Å². The molecule has 104 valence electrons. The number of hydrogen-bond donors (Lipinski definition) is 3. The third kappa shape index (κ3) is 3.03. The molecule has 0 bridgehead atoms. The van der Waals surface area contributed by atoms with E-state index in [9.17, 15) is 9.90 Å². The second-order valence-corrected chi connectivity index (χ2v) is 4.90. The van der Waals surface area contributed by atoms with E-state index >= 15 is 0 Å². The number of amides is 1. The Kier molecular flexibility index (Phi) is 4.15. The highest BCUT2D eigenvalue weighted by Gasteiger charge is 2.08. The lowest BCUT2D eigenvalue weighted by atomic mass is 10.1. The van der Waals surface area contributed by atoms with E-state index < -0.39 is 5.91 Å². The Labute approximate surface area is 122 Å². The fraction of sp³-hybridized carbons (Fsp3) is 0.133. The number of carbonyl (C=O) groups excluding carboxylic acids is 1. The number of nitrogens with two attached hydrogens (primary N) is 1. The van der Waals surface area contributed by atoms with Crippen LogP contribution in [0.2, 0.25) is 5.02 Å². The van der Waals surface area contributed by atoms with Gasteiger partial charge in [0.1, 0.15) is 5.75 Å². The van der Waals surface area contributed by atoms with Crippen LogP contribution in [-0.4, -0.2) is 11.0 Å². The van der Waals surface area contributed by atoms with Crippen LogP contribution >= 0.6 is 11.6 Å². The molecule has 0 radical (unpaired) electrons. The number of phenolic OH excluding ortho intramolecular Hbond substituents is 1. The Hall–Kier alpha value is -2.20. The van der Waals surface area contributed by atoms with Crippen LogP contribution in [0.15, 0.2) is 36.4 Å². The quantitative estimate of drug-likeness (QED) is 0.810. The number of aromatic hydroxyl groups is 1. The van der Waals surface area contributed by atoms with Gasteiger partial charge in [-0.3, -0.25) is 4.79 Å². The van der Waals surface area contributed by atoms with Gasteiger partial charge in [0.2, 0.25) is 5.91 Å². The van der Waals surface area contributed by atoms with Crippen molar-refractivity contribution in [3.05, 3.63) is 58.1 Å². The summed E-state index contributed by atoms with van der Waals surface area (Å²) >= 11 is 5.89. The van der Waals surface area contributed by atoms with Gasteiger partial charge in [-0.25, -0.2) is 0 Å². The van der Waals surface area contributed by atoms with Crippen molar-refractivity contribution >= 4 is 23.2 Å². The van der Waals surface area contributed by atoms with Crippen molar-refractivity contribution in [2.75, 3.05) is 5.32 Å². The summed E-state index contributed by atoms with van der Waals surface area (Å²) < 4.78 is 0. The Morgan fingerprint density at radius 2 is 2.10 bits per heavy atom. The number of phenols is 1. The van der Waals surface area contributed by atoms with Crippen molar-refractivity contribution < 1.29 is 9.90 Å². The summed E-state index contributed by atoms with van der Waals surface area (Å²) in [6.45, 7) is 2.28. The average Bonchev–Trinajstić information content (AvgIpc) is 2.41. The predicted molar refractivity (Wildman–Crippen MR) is 80.1 cm³/mol. The molecule has 0 aliphatic heterocycles. The van der Waals surface area contributed by atoms with Crippen molar-refractivity contribution in [2.24, 2.45) is 5.73 Å². The highest BCUT2D eigenvalue weighted by Crippen LogP contribution is 2.24. The third-order valence-electron chi connectivity index (χ3n) is 3.04. The smallest absolute Gasteiger partial charge is 0.250 e. The SMILES string of the molecule is Cc1cccc(CNc2ccc(Cl)c(C(N)=O)c2)c1O. The van der Waals surface area contributed by atoms with Crippen molar-refractivity contribution in [1.82, 2.24) is 0 Å². The maximum Gasteiger partial charge on any atom is 0.250 e. The molecule has 20 heavy (non-hydrogen) atoms. The van der Waals surface area contributed by atoms with Crippen molar-refractivity contribution in [2.45, 2.75) is 13.5 Å². The van der Waals surface area contributed by atoms with Gasteiger partial charge in [0.15, 0.2) is 0 Å². The molecule has 2 aromatic rings. The van der Waals surface area contributed by atoms with Crippen LogP contribution < -0.4 is 11.1 Å². The van der Waals surface area contributed by atoms with E-state index in [-0.39, 0.29) is 11.3 Å². The van der Waals surface area contributed by atoms with Gasteiger partial charge in [0.05, 0.1) is 10.6 Å². The molecule has 0 aromatic heterocycles. The molecule has 2 aromatic carbocycles. The lowest BCUT2D eigenvalue weighted by Gasteiger charge is -2.11. The van der Waals surface area contributed by atoms with E-state index in [0.717, 1.165) is 11.1 Å². The first-order valence-electron chi connectivity index (χ1n) is 6.09. The van der Waals surface area contributed by atoms with Crippen molar-refractivity contribution in [1.29, 1.82) is 0 Å². The van der Waals surface area contributed by atoms with E-state index in [1.54, 1.807) is 18.2 Å². The molecular weight excluding hydrogens is 276 g/mol. The maximum absolute atomic E-state index is 11.2. The third-order valence-corrected chi connectivity index (χ3v) is 3.37. The number of aryl methyl sites for hydroxylation is 1. The summed E-state index contributed by atoms with van der Waals surface area (Å²) in [5.74, 6) is -0.304. The van der Waals surface area contributed by atoms with Crippen molar-refractivity contribution in [3.8, 4) is 5.75 Å². The van der Waals surface area contributed by atoms with Gasteiger partial charge in [-0.1, -0.05) is 29.8 Å². The van der Waals surface area contributed by atoms with Crippen LogP contribution in [0.25, 0.3) is 0 Å². The highest BCUT2D eigenvalue weighted by molar-refractivity contribution is 6.33. The van der Waals surface area contributed by atoms with Crippen LogP contribution in [0.4, 0.5) is 5.69 Å². The summed E-state index contributed by atoms with van der Waals surface area (Å²) in [7, 11) is 0. The molecule has 0 saturated heterocycles. The minimum Gasteiger partial charge on any atom is -0.507 e. The Morgan fingerprint density at radius 3 is 2.80 bits per heavy atom. The Morgan fingerprint density at radius 1 is 1.35 bits per heavy atom. The summed E-state index contributed by atoms with van der Waals surface area (Å²) in [6.07, 6.45) is 0. The summed E-state index contributed by atoms with van der Waals surface area (Å²) in [4.78, 5) is 11.2. The van der Waals surface area contributed by atoms with Crippen LogP contribution in [0.3, 0.4) is 0 Å². The molecular formula is C15H15ClN2O2. The van der Waals surface area contributed by atoms with E-state index in [2.05, 4.69) is 5.32 Å². The first kappa shape index (κ1) is 14.2. The highest BCUT2D eigenvalue weighted by atomic mass is 35.5. The molecule has 4 N–H and O–H groups in total. The zero-order valence-electron chi connectivity index (χ0n) is 11.0. The number of para-hydroxylation sites is 1. The van der Waals surface area contributed by atoms with Gasteiger partial charge >= 0.3 is 0 Å². The number of nitrogens with one attached hydrogen (secondary N) is 1. The number of halogens is 1. The van der Waals surface area contributed by atoms with Crippen molar-refractivity contribution in [3.63, 3.8) is 0 Å². The molecule has 0 atom stereocenters. The summed E-state index contributed by atoms with van der Waals surface area (Å²) in [5.41, 5.74) is 7.82. The molecule has 0 unspecified atom stereocenters. The number of carbonyl (C=O) groups is 1. The largest absolute Gasteiger partial charge is 0.507 e. The summed E-state index contributed by atoms with van der Waals surface area (Å²) in [5, 5.41) is 13.4. The first-order valence-corrected chi connectivity index (χ1v) is 6.47. The predicted octanol–water partition coefficient (Wildman–Crippen LogP) is 3.07. The molecule has 0 aliphatic carbocycles. The van der Waals surface area contributed by atoms with Crippen LogP contribution in [-0.2, 0) is 6.54 Å². The minimum atomic E-state index is -0.572. The number of primary amides is 1. The van der Waals surface area contributed by atoms with Gasteiger partial charge in [-0.2, -0.15) is 0 Å². The average molecular weight is 291 g/mol. The number of hydrogen-bond acceptors (Lipinski definition) is 3. The number of rotatable bonds is 4. The van der Waals surface area contributed by atoms with Gasteiger partial charge in [0, 0.05) is 17.8 Å². The van der Waals surface area contributed by atoms with Crippen LogP contribution in [0.1, 0.15) is 21.5 Å². The standard InChI is InChI=1S/C15H15ClN2O2/c1-9-3-2-4-10(14(9)19)8-18-11-5-6-13(16)12(7-11)15(17)20/h2-7,18-19H,8H2,1H3,(H2,17,20). The topological polar surface area (TPSA) is 75.3 Å². The Bertz CT molecular complexity index is 656. The molecule has 5 heteroatoms. The van der Waals surface area contributed by atoms with E-state index in [1.165, 1.54) is 0 Å². The van der Waals surface area contributed by atoms with Crippen LogP contribution in [0, 0.1) is 6.92 Å². The molecule has 0 aliphatic rings. The lowest BCUT2D eigenvalue weighted by molar-refractivity contribution is 0.100. The molecule has 0 saturated carbocycles. The molecule has 4 nitrogen and oxygen atoms in total. The molecule has 0 spiro atoms. The van der Waals surface area contributed by atoms with Gasteiger partial charge in [0.25, 0.3) is 0 Å². The van der Waals surface area contributed by atoms with E-state index in [4.69, 9.17) is 17.3 Å². The molecule has 2 rings (SSSR count). The second kappa shape index (κ2) is 5.84. The lowest BCUT2D eigenvalue weighted by Crippen LogP contribution is -2.12. The molecule has 1 amide bonds. The normalized spacial score (nSPS) is 10.3. The van der Waals surface area contributed by atoms with E-state index in [1.807, 2.05) is 25.1 Å². The zero-order valence-corrected chi connectivity index (χ0v) is 11.7. The second-order valence-electron chi connectivity index (χ2n) is 4.50. The first-order chi connectivity index (χ1) is 9.49. The molecule has 0 heterocycles. The molecule has 0 fully saturated rings. The fourth-order valence-corrected chi connectivity index (χ4v) is 2.09. The number of benzene rings is 2. The van der Waals surface area contributed by atoms with E-state index in [0.29, 0.717) is 17.3 Å².